The fourth-order valence-corrected chi connectivity index (χ4v) is 2.71. The Labute approximate surface area is 139 Å². The van der Waals surface area contributed by atoms with Crippen LogP contribution in [0.3, 0.4) is 0 Å². The first-order valence-corrected chi connectivity index (χ1v) is 7.71. The van der Waals surface area contributed by atoms with Gasteiger partial charge in [0, 0.05) is 17.6 Å². The Bertz CT molecular complexity index is 558. The van der Waals surface area contributed by atoms with Gasteiger partial charge in [-0.2, -0.15) is 8.78 Å². The predicted octanol–water partition coefficient (Wildman–Crippen LogP) is 2.18. The molecule has 0 radical (unpaired) electrons. The summed E-state index contributed by atoms with van der Waals surface area (Å²) in [6, 6.07) is 2.88. The molecule has 1 aliphatic heterocycles. The van der Waals surface area contributed by atoms with Gasteiger partial charge in [0.2, 0.25) is 5.75 Å². The number of methoxy groups -OCH3 is 2. The highest BCUT2D eigenvalue weighted by Crippen LogP contribution is 2.39. The second-order valence-electron chi connectivity index (χ2n) is 5.55. The minimum atomic E-state index is -3.03. The van der Waals surface area contributed by atoms with Gasteiger partial charge < -0.3 is 24.8 Å². The van der Waals surface area contributed by atoms with Crippen LogP contribution in [0.1, 0.15) is 30.1 Å². The predicted molar refractivity (Wildman–Crippen MR) is 84.1 cm³/mol. The van der Waals surface area contributed by atoms with E-state index in [1.165, 1.54) is 26.4 Å². The van der Waals surface area contributed by atoms with Crippen molar-refractivity contribution < 1.29 is 27.8 Å². The van der Waals surface area contributed by atoms with Crippen molar-refractivity contribution in [3.63, 3.8) is 0 Å². The van der Waals surface area contributed by atoms with Gasteiger partial charge in [0.05, 0.1) is 14.2 Å². The molecule has 134 valence electrons. The lowest BCUT2D eigenvalue weighted by Gasteiger charge is -2.30. The molecule has 1 aliphatic rings. The number of nitrogens with one attached hydrogen (secondary N) is 2. The van der Waals surface area contributed by atoms with Gasteiger partial charge in [-0.25, -0.2) is 0 Å². The maximum atomic E-state index is 12.5. The van der Waals surface area contributed by atoms with Gasteiger partial charge in [-0.15, -0.1) is 0 Å². The molecule has 0 spiro atoms. The number of halogens is 2. The summed E-state index contributed by atoms with van der Waals surface area (Å²) in [6.07, 6.45) is 1.85. The number of alkyl halides is 2. The maximum absolute atomic E-state index is 12.5. The van der Waals surface area contributed by atoms with E-state index >= 15 is 0 Å². The van der Waals surface area contributed by atoms with Crippen LogP contribution in [0.15, 0.2) is 12.1 Å². The number of ether oxygens (including phenoxy) is 3. The first kappa shape index (κ1) is 18.3. The van der Waals surface area contributed by atoms with Crippen LogP contribution < -0.4 is 24.8 Å². The number of carbonyl (C=O) groups excluding carboxylic acids is 1. The molecule has 2 N–H and O–H groups in total. The largest absolute Gasteiger partial charge is 0.493 e. The quantitative estimate of drug-likeness (QED) is 0.828. The lowest BCUT2D eigenvalue weighted by Crippen LogP contribution is -2.51. The molecule has 1 fully saturated rings. The Morgan fingerprint density at radius 1 is 1.29 bits per heavy atom. The third-order valence-electron chi connectivity index (χ3n) is 4.01. The van der Waals surface area contributed by atoms with Gasteiger partial charge in [-0.05, 0) is 38.4 Å². The van der Waals surface area contributed by atoms with Crippen molar-refractivity contribution in [2.24, 2.45) is 0 Å². The minimum Gasteiger partial charge on any atom is -0.493 e. The molecule has 1 amide bonds. The number of hydrogen-bond donors (Lipinski definition) is 2. The van der Waals surface area contributed by atoms with Crippen molar-refractivity contribution in [3.05, 3.63) is 17.7 Å². The summed E-state index contributed by atoms with van der Waals surface area (Å²) in [7, 11) is 2.61. The minimum absolute atomic E-state index is 0.000213. The molecule has 8 heteroatoms. The molecule has 0 aliphatic carbocycles. The molecule has 2 rings (SSSR count). The van der Waals surface area contributed by atoms with Gasteiger partial charge in [0.15, 0.2) is 11.5 Å². The van der Waals surface area contributed by atoms with Gasteiger partial charge in [0.25, 0.3) is 5.91 Å². The van der Waals surface area contributed by atoms with Crippen molar-refractivity contribution in [2.45, 2.75) is 38.5 Å². The highest BCUT2D eigenvalue weighted by atomic mass is 19.3. The average molecular weight is 344 g/mol. The molecule has 0 saturated carbocycles. The Balaban J connectivity index is 2.24. The molecular weight excluding hydrogens is 322 g/mol. The zero-order valence-corrected chi connectivity index (χ0v) is 13.9. The Morgan fingerprint density at radius 2 is 1.92 bits per heavy atom. The van der Waals surface area contributed by atoms with Crippen molar-refractivity contribution in [2.75, 3.05) is 20.8 Å². The topological polar surface area (TPSA) is 68.8 Å². The third kappa shape index (κ3) is 4.25. The number of amides is 1. The number of benzene rings is 1. The number of piperidine rings is 1. The molecule has 1 aromatic rings. The number of hydrogen-bond acceptors (Lipinski definition) is 5. The Kier molecular flexibility index (Phi) is 6.19. The smallest absolute Gasteiger partial charge is 0.387 e. The molecule has 1 heterocycles. The Hall–Kier alpha value is -2.09. The van der Waals surface area contributed by atoms with E-state index in [-0.39, 0.29) is 40.8 Å². The number of rotatable bonds is 6. The Morgan fingerprint density at radius 3 is 2.42 bits per heavy atom. The summed E-state index contributed by atoms with van der Waals surface area (Å²) in [4.78, 5) is 12.5. The molecule has 6 nitrogen and oxygen atoms in total. The summed E-state index contributed by atoms with van der Waals surface area (Å²) >= 11 is 0. The summed E-state index contributed by atoms with van der Waals surface area (Å²) in [5.41, 5.74) is 0.253. The van der Waals surface area contributed by atoms with E-state index in [2.05, 4.69) is 15.4 Å². The van der Waals surface area contributed by atoms with Crippen molar-refractivity contribution in [3.8, 4) is 17.2 Å². The van der Waals surface area contributed by atoms with Crippen LogP contribution in [0.4, 0.5) is 8.78 Å². The van der Waals surface area contributed by atoms with E-state index in [0.717, 1.165) is 19.4 Å². The van der Waals surface area contributed by atoms with E-state index in [4.69, 9.17) is 9.47 Å². The zero-order chi connectivity index (χ0) is 17.7. The third-order valence-corrected chi connectivity index (χ3v) is 4.01. The van der Waals surface area contributed by atoms with Crippen LogP contribution in [0.5, 0.6) is 17.2 Å². The highest BCUT2D eigenvalue weighted by Gasteiger charge is 2.25. The van der Waals surface area contributed by atoms with Crippen LogP contribution in [0, 0.1) is 0 Å². The van der Waals surface area contributed by atoms with Crippen LogP contribution in [-0.4, -0.2) is 45.4 Å². The normalized spacial score (nSPS) is 20.6. The van der Waals surface area contributed by atoms with Crippen LogP contribution in [-0.2, 0) is 0 Å². The van der Waals surface area contributed by atoms with E-state index in [0.29, 0.717) is 0 Å². The monoisotopic (exact) mass is 344 g/mol. The van der Waals surface area contributed by atoms with Crippen molar-refractivity contribution >= 4 is 5.91 Å². The summed E-state index contributed by atoms with van der Waals surface area (Å²) in [5, 5.41) is 6.24. The second kappa shape index (κ2) is 8.14. The molecule has 0 bridgehead atoms. The summed E-state index contributed by atoms with van der Waals surface area (Å²) in [6.45, 7) is -0.0960. The summed E-state index contributed by atoms with van der Waals surface area (Å²) < 4.78 is 39.6. The lowest BCUT2D eigenvalue weighted by molar-refractivity contribution is -0.0526. The lowest BCUT2D eigenvalue weighted by atomic mass is 9.99. The van der Waals surface area contributed by atoms with Crippen molar-refractivity contribution in [1.82, 2.24) is 10.6 Å². The fourth-order valence-electron chi connectivity index (χ4n) is 2.71. The van der Waals surface area contributed by atoms with Crippen LogP contribution in [0.25, 0.3) is 0 Å². The molecule has 2 unspecified atom stereocenters. The number of carbonyl (C=O) groups is 1. The zero-order valence-electron chi connectivity index (χ0n) is 13.9. The summed E-state index contributed by atoms with van der Waals surface area (Å²) in [5.74, 6) is -0.542. The highest BCUT2D eigenvalue weighted by molar-refractivity contribution is 5.95. The molecule has 24 heavy (non-hydrogen) atoms. The van der Waals surface area contributed by atoms with Crippen LogP contribution in [0.2, 0.25) is 0 Å². The first-order chi connectivity index (χ1) is 11.5. The van der Waals surface area contributed by atoms with Gasteiger partial charge >= 0.3 is 6.61 Å². The molecule has 1 saturated heterocycles. The standard InChI is InChI=1S/C16H22F2N2O4/c1-9-11(5-4-6-19-9)20-15(21)10-7-12(22-2)14(24-16(17)18)13(8-10)23-3/h7-9,11,16,19H,4-6H2,1-3H3,(H,20,21). The molecule has 0 aromatic heterocycles. The molecule has 2 atom stereocenters. The van der Waals surface area contributed by atoms with Crippen LogP contribution >= 0.6 is 0 Å². The molecule has 1 aromatic carbocycles. The van der Waals surface area contributed by atoms with Gasteiger partial charge in [-0.3, -0.25) is 4.79 Å². The molecular formula is C16H22F2N2O4. The maximum Gasteiger partial charge on any atom is 0.387 e. The fraction of sp³-hybridized carbons (Fsp3) is 0.562. The van der Waals surface area contributed by atoms with E-state index in [1.807, 2.05) is 6.92 Å². The van der Waals surface area contributed by atoms with Crippen molar-refractivity contribution in [1.29, 1.82) is 0 Å². The van der Waals surface area contributed by atoms with E-state index in [9.17, 15) is 13.6 Å². The first-order valence-electron chi connectivity index (χ1n) is 7.71. The van der Waals surface area contributed by atoms with Gasteiger partial charge in [0.1, 0.15) is 0 Å². The average Bonchev–Trinajstić information content (AvgIpc) is 2.56. The van der Waals surface area contributed by atoms with E-state index in [1.54, 1.807) is 0 Å². The SMILES string of the molecule is COc1cc(C(=O)NC2CCCNC2C)cc(OC)c1OC(F)F. The second-order valence-corrected chi connectivity index (χ2v) is 5.55. The van der Waals surface area contributed by atoms with Gasteiger partial charge in [-0.1, -0.05) is 0 Å². The van der Waals surface area contributed by atoms with E-state index < -0.39 is 6.61 Å².